The second-order valence-corrected chi connectivity index (χ2v) is 8.71. The fourth-order valence-corrected chi connectivity index (χ4v) is 4.12. The molecule has 158 valence electrons. The maximum atomic E-state index is 13.6. The van der Waals surface area contributed by atoms with Crippen LogP contribution in [0.1, 0.15) is 25.0 Å². The van der Waals surface area contributed by atoms with Crippen LogP contribution in [0.5, 0.6) is 5.75 Å². The number of fused-ring (bicyclic) bond motifs is 1. The van der Waals surface area contributed by atoms with Gasteiger partial charge in [-0.25, -0.2) is 9.40 Å². The zero-order chi connectivity index (χ0) is 22.1. The number of rotatable bonds is 6. The number of halogens is 1. The van der Waals surface area contributed by atoms with Gasteiger partial charge in [0.1, 0.15) is 4.90 Å². The molecule has 0 unspecified atom stereocenters. The third kappa shape index (κ3) is 4.53. The quantitative estimate of drug-likeness (QED) is 0.399. The molecule has 11 heteroatoms. The Labute approximate surface area is 174 Å². The van der Waals surface area contributed by atoms with Crippen LogP contribution < -0.4 is 10.2 Å². The minimum Gasteiger partial charge on any atom is -0.494 e. The summed E-state index contributed by atoms with van der Waals surface area (Å²) < 4.78 is 47.4. The molecule has 2 aromatic carbocycles. The molecule has 3 rings (SSSR count). The van der Waals surface area contributed by atoms with E-state index in [1.165, 1.54) is 54.7 Å². The number of methoxy groups -OCH3 is 1. The van der Waals surface area contributed by atoms with Crippen molar-refractivity contribution >= 4 is 34.7 Å². The average Bonchev–Trinajstić information content (AvgIpc) is 2.96. The zero-order valence-corrected chi connectivity index (χ0v) is 17.5. The van der Waals surface area contributed by atoms with Crippen molar-refractivity contribution in [3.63, 3.8) is 0 Å². The standard InChI is InChI=1S/C19H21BFN3O5S/c1-12(2)11-24(22-10-13-4-6-16(21)17(8-13)29-3)19-15-9-14(20(25)26)5-7-18(15)30(27,28)23-19/h4-10,12,25-26H,11H2,1-3H3/b22-10+. The molecule has 0 amide bonds. The van der Waals surface area contributed by atoms with E-state index in [9.17, 15) is 22.9 Å². The smallest absolute Gasteiger partial charge is 0.488 e. The van der Waals surface area contributed by atoms with E-state index >= 15 is 0 Å². The highest BCUT2D eigenvalue weighted by molar-refractivity contribution is 7.90. The molecule has 0 aromatic heterocycles. The van der Waals surface area contributed by atoms with Gasteiger partial charge in [-0.1, -0.05) is 32.0 Å². The summed E-state index contributed by atoms with van der Waals surface area (Å²) in [6.07, 6.45) is 1.45. The predicted octanol–water partition coefficient (Wildman–Crippen LogP) is 0.955. The van der Waals surface area contributed by atoms with Crippen molar-refractivity contribution in [2.24, 2.45) is 15.4 Å². The van der Waals surface area contributed by atoms with Gasteiger partial charge in [0.15, 0.2) is 17.4 Å². The molecule has 0 fully saturated rings. The largest absolute Gasteiger partial charge is 0.494 e. The van der Waals surface area contributed by atoms with E-state index in [0.29, 0.717) is 12.1 Å². The first-order chi connectivity index (χ1) is 14.1. The van der Waals surface area contributed by atoms with E-state index < -0.39 is 23.0 Å². The first-order valence-electron chi connectivity index (χ1n) is 9.13. The molecule has 0 spiro atoms. The Kier molecular flexibility index (Phi) is 6.25. The van der Waals surface area contributed by atoms with Gasteiger partial charge in [0.2, 0.25) is 0 Å². The van der Waals surface area contributed by atoms with Crippen molar-refractivity contribution < 1.29 is 27.6 Å². The van der Waals surface area contributed by atoms with E-state index in [1.807, 2.05) is 13.8 Å². The molecule has 1 heterocycles. The molecule has 2 aromatic rings. The van der Waals surface area contributed by atoms with Gasteiger partial charge in [0.05, 0.1) is 13.3 Å². The highest BCUT2D eigenvalue weighted by Crippen LogP contribution is 2.28. The summed E-state index contributed by atoms with van der Waals surface area (Å²) in [4.78, 5) is -0.0330. The summed E-state index contributed by atoms with van der Waals surface area (Å²) in [7, 11) is -4.34. The van der Waals surface area contributed by atoms with E-state index in [2.05, 4.69) is 9.50 Å². The zero-order valence-electron chi connectivity index (χ0n) is 16.7. The first-order valence-corrected chi connectivity index (χ1v) is 10.6. The highest BCUT2D eigenvalue weighted by atomic mass is 32.2. The van der Waals surface area contributed by atoms with Gasteiger partial charge >= 0.3 is 7.12 Å². The lowest BCUT2D eigenvalue weighted by Crippen LogP contribution is -2.33. The average molecular weight is 433 g/mol. The molecular weight excluding hydrogens is 412 g/mol. The third-order valence-electron chi connectivity index (χ3n) is 4.33. The molecular formula is C19H21BFN3O5S. The van der Waals surface area contributed by atoms with Gasteiger partial charge in [-0.3, -0.25) is 0 Å². The van der Waals surface area contributed by atoms with Crippen molar-refractivity contribution in [3.05, 3.63) is 53.3 Å². The van der Waals surface area contributed by atoms with E-state index in [1.54, 1.807) is 0 Å². The minimum absolute atomic E-state index is 0.0330. The van der Waals surface area contributed by atoms with Crippen LogP contribution in [0.4, 0.5) is 4.39 Å². The van der Waals surface area contributed by atoms with Crippen LogP contribution in [0, 0.1) is 11.7 Å². The molecule has 0 aliphatic carbocycles. The van der Waals surface area contributed by atoms with E-state index in [4.69, 9.17) is 4.74 Å². The van der Waals surface area contributed by atoms with E-state index in [0.717, 1.165) is 0 Å². The van der Waals surface area contributed by atoms with E-state index in [-0.39, 0.29) is 33.4 Å². The number of hydrazone groups is 1. The number of hydrogen-bond donors (Lipinski definition) is 2. The van der Waals surface area contributed by atoms with Crippen LogP contribution in [0.2, 0.25) is 0 Å². The van der Waals surface area contributed by atoms with Crippen LogP contribution in [0.25, 0.3) is 0 Å². The van der Waals surface area contributed by atoms with Gasteiger partial charge in [0, 0.05) is 12.1 Å². The number of hydrogen-bond acceptors (Lipinski definition) is 7. The molecule has 8 nitrogen and oxygen atoms in total. The van der Waals surface area contributed by atoms with Crippen molar-refractivity contribution in [2.45, 2.75) is 18.7 Å². The second kappa shape index (κ2) is 8.54. The van der Waals surface area contributed by atoms with Crippen molar-refractivity contribution in [1.29, 1.82) is 0 Å². The molecule has 0 saturated heterocycles. The maximum absolute atomic E-state index is 13.6. The Morgan fingerprint density at radius 1 is 1.27 bits per heavy atom. The summed E-state index contributed by atoms with van der Waals surface area (Å²) in [6, 6.07) is 8.20. The molecule has 1 aliphatic heterocycles. The minimum atomic E-state index is -3.94. The van der Waals surface area contributed by atoms with Crippen LogP contribution in [0.3, 0.4) is 0 Å². The normalized spacial score (nSPS) is 14.7. The van der Waals surface area contributed by atoms with Crippen molar-refractivity contribution in [1.82, 2.24) is 5.01 Å². The number of sulfonamides is 1. The number of benzene rings is 2. The molecule has 0 saturated carbocycles. The Bertz CT molecular complexity index is 1120. The lowest BCUT2D eigenvalue weighted by molar-refractivity contribution is 0.384. The highest BCUT2D eigenvalue weighted by Gasteiger charge is 2.33. The van der Waals surface area contributed by atoms with Crippen molar-refractivity contribution in [2.75, 3.05) is 13.7 Å². The molecule has 0 atom stereocenters. The lowest BCUT2D eigenvalue weighted by Gasteiger charge is -2.21. The molecule has 2 N–H and O–H groups in total. The van der Waals surface area contributed by atoms with Crippen molar-refractivity contribution in [3.8, 4) is 5.75 Å². The maximum Gasteiger partial charge on any atom is 0.488 e. The van der Waals surface area contributed by atoms with Gasteiger partial charge in [-0.2, -0.15) is 13.5 Å². The Morgan fingerprint density at radius 3 is 2.63 bits per heavy atom. The van der Waals surface area contributed by atoms with Gasteiger partial charge in [-0.15, -0.1) is 4.40 Å². The molecule has 0 radical (unpaired) electrons. The fourth-order valence-electron chi connectivity index (χ4n) is 2.93. The summed E-state index contributed by atoms with van der Waals surface area (Å²) in [6.45, 7) is 4.21. The number of amidine groups is 1. The van der Waals surface area contributed by atoms with Gasteiger partial charge < -0.3 is 14.8 Å². The van der Waals surface area contributed by atoms with Crippen LogP contribution in [-0.2, 0) is 10.0 Å². The number of nitrogens with zero attached hydrogens (tertiary/aromatic N) is 3. The van der Waals surface area contributed by atoms with Crippen LogP contribution in [-0.4, -0.2) is 56.3 Å². The topological polar surface area (TPSA) is 112 Å². The lowest BCUT2D eigenvalue weighted by atomic mass is 9.79. The first kappa shape index (κ1) is 21.9. The van der Waals surface area contributed by atoms with Gasteiger partial charge in [0.25, 0.3) is 10.0 Å². The number of ether oxygens (including phenoxy) is 1. The Balaban J connectivity index is 2.04. The predicted molar refractivity (Wildman–Crippen MR) is 112 cm³/mol. The van der Waals surface area contributed by atoms with Crippen LogP contribution >= 0.6 is 0 Å². The summed E-state index contributed by atoms with van der Waals surface area (Å²) in [5.41, 5.74) is 0.911. The Hall–Kier alpha value is -2.76. The summed E-state index contributed by atoms with van der Waals surface area (Å²) >= 11 is 0. The molecule has 0 bridgehead atoms. The third-order valence-corrected chi connectivity index (χ3v) is 5.66. The Morgan fingerprint density at radius 2 is 2.00 bits per heavy atom. The molecule has 1 aliphatic rings. The summed E-state index contributed by atoms with van der Waals surface area (Å²) in [5.74, 6) is -0.275. The molecule has 30 heavy (non-hydrogen) atoms. The summed E-state index contributed by atoms with van der Waals surface area (Å²) in [5, 5.41) is 24.7. The fraction of sp³-hybridized carbons (Fsp3) is 0.263. The second-order valence-electron chi connectivity index (χ2n) is 7.13. The van der Waals surface area contributed by atoms with Crippen LogP contribution in [0.15, 0.2) is 50.8 Å². The monoisotopic (exact) mass is 433 g/mol. The SMILES string of the molecule is COc1cc(/C=N/N(CC(C)C)C2=NS(=O)(=O)c3ccc(B(O)O)cc32)ccc1F. The van der Waals surface area contributed by atoms with Gasteiger partial charge in [-0.05, 0) is 35.1 Å².